The molecule has 2 aromatic rings. The van der Waals surface area contributed by atoms with Crippen LogP contribution in [0.25, 0.3) is 0 Å². The quantitative estimate of drug-likeness (QED) is 0.363. The lowest BCUT2D eigenvalue weighted by Gasteiger charge is -2.30. The van der Waals surface area contributed by atoms with Gasteiger partial charge in [-0.25, -0.2) is 0 Å². The van der Waals surface area contributed by atoms with E-state index in [9.17, 15) is 9.90 Å². The molecular weight excluding hydrogens is 428 g/mol. The maximum atomic E-state index is 12.8. The van der Waals surface area contributed by atoms with Gasteiger partial charge in [-0.15, -0.1) is 0 Å². The van der Waals surface area contributed by atoms with E-state index in [4.69, 9.17) is 23.4 Å². The molecule has 2 atom stereocenters. The molecule has 0 radical (unpaired) electrons. The number of Topliss-reactive ketones (excluding diaryl/α,β-unsaturated/α-hetero) is 1. The normalized spacial score (nSPS) is 13.2. The molecule has 0 unspecified atom stereocenters. The van der Waals surface area contributed by atoms with Gasteiger partial charge in [0.25, 0.3) is 0 Å². The van der Waals surface area contributed by atoms with E-state index in [-0.39, 0.29) is 18.6 Å². The second-order valence-electron chi connectivity index (χ2n) is 8.36. The Balaban J connectivity index is 2.20. The molecule has 0 saturated carbocycles. The third-order valence-corrected chi connectivity index (χ3v) is 5.90. The highest BCUT2D eigenvalue weighted by Crippen LogP contribution is 2.35. The molecule has 2 aromatic carbocycles. The summed E-state index contributed by atoms with van der Waals surface area (Å²) in [7, 11) is 4.20. The zero-order valence-corrected chi connectivity index (χ0v) is 20.9. The summed E-state index contributed by atoms with van der Waals surface area (Å²) in [6.07, 6.45) is -1.05. The average molecular weight is 463 g/mol. The predicted octanol–water partition coefficient (Wildman–Crippen LogP) is 4.64. The fraction of sp³-hybridized carbons (Fsp3) is 0.458. The van der Waals surface area contributed by atoms with E-state index >= 15 is 0 Å². The Hall–Kier alpha value is -2.55. The van der Waals surface area contributed by atoms with Gasteiger partial charge in [-0.05, 0) is 62.0 Å². The van der Waals surface area contributed by atoms with Crippen LogP contribution in [-0.2, 0) is 4.43 Å². The highest BCUT2D eigenvalue weighted by Gasteiger charge is 2.29. The molecule has 32 heavy (non-hydrogen) atoms. The van der Waals surface area contributed by atoms with E-state index in [2.05, 4.69) is 19.6 Å². The molecule has 176 valence electrons. The predicted molar refractivity (Wildman–Crippen MR) is 126 cm³/mol. The lowest BCUT2D eigenvalue weighted by molar-refractivity contribution is 0.0238. The number of hydrogen-bond donors (Lipinski definition) is 1. The van der Waals surface area contributed by atoms with Gasteiger partial charge in [0.2, 0.25) is 0 Å². The molecule has 0 amide bonds. The van der Waals surface area contributed by atoms with Crippen molar-refractivity contribution in [3.8, 4) is 23.0 Å². The van der Waals surface area contributed by atoms with Crippen molar-refractivity contribution in [1.82, 2.24) is 0 Å². The monoisotopic (exact) mass is 462 g/mol. The van der Waals surface area contributed by atoms with Gasteiger partial charge in [0.05, 0.1) is 40.6 Å². The molecule has 0 heterocycles. The maximum Gasteiger partial charge on any atom is 0.184 e. The molecule has 1 N–H and O–H groups in total. The Morgan fingerprint density at radius 2 is 1.38 bits per heavy atom. The van der Waals surface area contributed by atoms with Gasteiger partial charge in [-0.2, -0.15) is 0 Å². The van der Waals surface area contributed by atoms with E-state index in [1.165, 1.54) is 7.11 Å². The second kappa shape index (κ2) is 11.4. The van der Waals surface area contributed by atoms with Crippen LogP contribution in [-0.4, -0.2) is 53.8 Å². The Labute approximate surface area is 191 Å². The van der Waals surface area contributed by atoms with Gasteiger partial charge >= 0.3 is 0 Å². The number of aliphatic hydroxyl groups excluding tert-OH is 1. The Morgan fingerprint density at radius 1 is 0.844 bits per heavy atom. The molecule has 0 spiro atoms. The lowest BCUT2D eigenvalue weighted by Crippen LogP contribution is -2.33. The van der Waals surface area contributed by atoms with Gasteiger partial charge in [0.15, 0.2) is 37.1 Å². The number of carbonyl (C=O) groups is 1. The molecule has 7 nitrogen and oxygen atoms in total. The third kappa shape index (κ3) is 6.72. The highest BCUT2D eigenvalue weighted by atomic mass is 28.4. The SMILES string of the molecule is COc1ccc(C(=O)CC[C@@H](O)[C@H](O[Si](C)(C)C)c2ccc(OC)c(OC)c2)cc1OC. The van der Waals surface area contributed by atoms with Gasteiger partial charge in [0, 0.05) is 12.0 Å². The van der Waals surface area contributed by atoms with E-state index in [1.54, 1.807) is 45.6 Å². The second-order valence-corrected chi connectivity index (χ2v) is 12.8. The van der Waals surface area contributed by atoms with Crippen molar-refractivity contribution in [2.24, 2.45) is 0 Å². The van der Waals surface area contributed by atoms with Crippen LogP contribution >= 0.6 is 0 Å². The summed E-state index contributed by atoms with van der Waals surface area (Å²) >= 11 is 0. The van der Waals surface area contributed by atoms with Gasteiger partial charge in [-0.3, -0.25) is 4.79 Å². The molecule has 0 aliphatic heterocycles. The summed E-state index contributed by atoms with van der Waals surface area (Å²) in [5.41, 5.74) is 1.28. The Bertz CT molecular complexity index is 908. The number of carbonyl (C=O) groups excluding carboxylic acids is 1. The third-order valence-electron chi connectivity index (χ3n) is 4.94. The number of ether oxygens (including phenoxy) is 4. The Kier molecular flexibility index (Phi) is 9.12. The summed E-state index contributed by atoms with van der Waals surface area (Å²) in [5.74, 6) is 2.11. The summed E-state index contributed by atoms with van der Waals surface area (Å²) in [6.45, 7) is 6.17. The van der Waals surface area contributed by atoms with E-state index in [1.807, 2.05) is 12.1 Å². The molecule has 0 aliphatic carbocycles. The number of rotatable bonds is 12. The number of benzene rings is 2. The summed E-state index contributed by atoms with van der Waals surface area (Å²) in [5, 5.41) is 11.0. The summed E-state index contributed by atoms with van der Waals surface area (Å²) < 4.78 is 27.5. The van der Waals surface area contributed by atoms with Crippen LogP contribution in [0.1, 0.15) is 34.9 Å². The van der Waals surface area contributed by atoms with Crippen molar-refractivity contribution in [3.63, 3.8) is 0 Å². The minimum Gasteiger partial charge on any atom is -0.493 e. The fourth-order valence-electron chi connectivity index (χ4n) is 3.36. The average Bonchev–Trinajstić information content (AvgIpc) is 2.79. The van der Waals surface area contributed by atoms with Gasteiger partial charge in [-0.1, -0.05) is 6.07 Å². The van der Waals surface area contributed by atoms with Crippen molar-refractivity contribution in [3.05, 3.63) is 47.5 Å². The van der Waals surface area contributed by atoms with Crippen molar-refractivity contribution in [2.75, 3.05) is 28.4 Å². The first-order valence-electron chi connectivity index (χ1n) is 10.5. The number of methoxy groups -OCH3 is 4. The molecule has 0 aromatic heterocycles. The van der Waals surface area contributed by atoms with E-state index in [0.29, 0.717) is 28.6 Å². The van der Waals surface area contributed by atoms with Crippen LogP contribution < -0.4 is 18.9 Å². The van der Waals surface area contributed by atoms with Crippen molar-refractivity contribution in [1.29, 1.82) is 0 Å². The molecule has 0 fully saturated rings. The van der Waals surface area contributed by atoms with Crippen LogP contribution in [0, 0.1) is 0 Å². The number of aliphatic hydroxyl groups is 1. The first-order valence-corrected chi connectivity index (χ1v) is 13.9. The number of hydrogen-bond acceptors (Lipinski definition) is 7. The van der Waals surface area contributed by atoms with Gasteiger partial charge in [0.1, 0.15) is 0 Å². The van der Waals surface area contributed by atoms with Gasteiger partial charge < -0.3 is 28.5 Å². The molecule has 0 aliphatic rings. The highest BCUT2D eigenvalue weighted by molar-refractivity contribution is 6.69. The molecular formula is C24H34O7Si. The van der Waals surface area contributed by atoms with E-state index < -0.39 is 20.5 Å². The van der Waals surface area contributed by atoms with Crippen LogP contribution in [0.4, 0.5) is 0 Å². The summed E-state index contributed by atoms with van der Waals surface area (Å²) in [6, 6.07) is 10.5. The molecule has 2 rings (SSSR count). The smallest absolute Gasteiger partial charge is 0.184 e. The zero-order chi connectivity index (χ0) is 23.9. The minimum atomic E-state index is -2.01. The van der Waals surface area contributed by atoms with E-state index in [0.717, 1.165) is 5.56 Å². The largest absolute Gasteiger partial charge is 0.493 e. The van der Waals surface area contributed by atoms with Crippen LogP contribution in [0.5, 0.6) is 23.0 Å². The topological polar surface area (TPSA) is 83.5 Å². The first kappa shape index (κ1) is 25.7. The minimum absolute atomic E-state index is 0.0935. The van der Waals surface area contributed by atoms with Crippen molar-refractivity contribution >= 4 is 14.1 Å². The fourth-order valence-corrected chi connectivity index (χ4v) is 4.42. The Morgan fingerprint density at radius 3 is 1.91 bits per heavy atom. The van der Waals surface area contributed by atoms with Crippen LogP contribution in [0.15, 0.2) is 36.4 Å². The standard InChI is InChI=1S/C24H34O7Si/c1-27-20-12-8-16(14-22(20)29-3)18(25)10-11-19(26)24(31-32(5,6)7)17-9-13-21(28-2)23(15-17)30-4/h8-9,12-15,19,24,26H,10-11H2,1-7H3/t19-,24-/m1/s1. The lowest BCUT2D eigenvalue weighted by atomic mass is 9.97. The van der Waals surface area contributed by atoms with Crippen LogP contribution in [0.3, 0.4) is 0 Å². The molecule has 8 heteroatoms. The molecule has 0 bridgehead atoms. The zero-order valence-electron chi connectivity index (χ0n) is 19.9. The number of ketones is 1. The van der Waals surface area contributed by atoms with Crippen molar-refractivity contribution in [2.45, 2.75) is 44.7 Å². The van der Waals surface area contributed by atoms with Crippen LogP contribution in [0.2, 0.25) is 19.6 Å². The summed E-state index contributed by atoms with van der Waals surface area (Å²) in [4.78, 5) is 12.8. The molecule has 0 saturated heterocycles. The maximum absolute atomic E-state index is 12.8. The van der Waals surface area contributed by atoms with Crippen molar-refractivity contribution < 1.29 is 33.3 Å². The first-order chi connectivity index (χ1) is 15.1.